The molecule has 1 aromatic carbocycles. The second-order valence-electron chi connectivity index (χ2n) is 5.38. The van der Waals surface area contributed by atoms with Crippen LogP contribution in [0.3, 0.4) is 0 Å². The molecular weight excluding hydrogens is 241 g/mol. The number of rotatable bonds is 3. The maximum atomic E-state index is 14.7. The van der Waals surface area contributed by atoms with Crippen molar-refractivity contribution in [2.45, 2.75) is 20.3 Å². The zero-order valence-electron chi connectivity index (χ0n) is 11.5. The average molecular weight is 261 g/mol. The minimum absolute atomic E-state index is 0.213. The summed E-state index contributed by atoms with van der Waals surface area (Å²) in [6.07, 6.45) is 0.705. The molecule has 1 aliphatic heterocycles. The van der Waals surface area contributed by atoms with Gasteiger partial charge in [0.15, 0.2) is 5.82 Å². The number of hydrogen-bond acceptors (Lipinski definition) is 3. The highest BCUT2D eigenvalue weighted by atomic mass is 19.1. The molecule has 1 saturated heterocycles. The number of anilines is 1. The van der Waals surface area contributed by atoms with Gasteiger partial charge in [0.25, 0.3) is 0 Å². The van der Waals surface area contributed by atoms with Gasteiger partial charge in [-0.05, 0) is 24.0 Å². The van der Waals surface area contributed by atoms with Gasteiger partial charge in [-0.1, -0.05) is 19.9 Å². The minimum Gasteiger partial charge on any atom is -0.366 e. The number of nitrogens with one attached hydrogen (secondary N) is 1. The van der Waals surface area contributed by atoms with E-state index in [0.29, 0.717) is 29.2 Å². The van der Waals surface area contributed by atoms with Crippen molar-refractivity contribution in [3.05, 3.63) is 29.1 Å². The highest BCUT2D eigenvalue weighted by Crippen LogP contribution is 2.28. The Morgan fingerprint density at radius 2 is 2.05 bits per heavy atom. The highest BCUT2D eigenvalue weighted by molar-refractivity contribution is 5.62. The molecule has 0 aliphatic carbocycles. The zero-order valence-corrected chi connectivity index (χ0v) is 11.5. The summed E-state index contributed by atoms with van der Waals surface area (Å²) >= 11 is 0. The molecule has 102 valence electrons. The van der Waals surface area contributed by atoms with Crippen LogP contribution in [0.25, 0.3) is 0 Å². The van der Waals surface area contributed by atoms with Crippen LogP contribution in [0.2, 0.25) is 0 Å². The lowest BCUT2D eigenvalue weighted by atomic mass is 9.99. The van der Waals surface area contributed by atoms with E-state index in [4.69, 9.17) is 0 Å². The van der Waals surface area contributed by atoms with Crippen LogP contribution >= 0.6 is 0 Å². The topological polar surface area (TPSA) is 39.1 Å². The molecule has 0 spiro atoms. The fraction of sp³-hybridized carbons (Fsp3) is 0.533. The Morgan fingerprint density at radius 3 is 2.63 bits per heavy atom. The first-order valence-electron chi connectivity index (χ1n) is 6.80. The number of nitrogens with zero attached hydrogens (tertiary/aromatic N) is 2. The maximum absolute atomic E-state index is 14.7. The largest absolute Gasteiger partial charge is 0.366 e. The van der Waals surface area contributed by atoms with Crippen LogP contribution in [-0.4, -0.2) is 26.2 Å². The third-order valence-corrected chi connectivity index (χ3v) is 3.38. The highest BCUT2D eigenvalue weighted by Gasteiger charge is 2.21. The van der Waals surface area contributed by atoms with Crippen molar-refractivity contribution in [2.24, 2.45) is 5.92 Å². The first-order chi connectivity index (χ1) is 9.13. The van der Waals surface area contributed by atoms with Crippen molar-refractivity contribution < 1.29 is 4.39 Å². The average Bonchev–Trinajstić information content (AvgIpc) is 2.41. The van der Waals surface area contributed by atoms with Crippen LogP contribution in [0, 0.1) is 23.1 Å². The van der Waals surface area contributed by atoms with E-state index in [0.717, 1.165) is 26.2 Å². The van der Waals surface area contributed by atoms with Gasteiger partial charge >= 0.3 is 0 Å². The third kappa shape index (κ3) is 3.05. The van der Waals surface area contributed by atoms with Crippen LogP contribution < -0.4 is 10.2 Å². The van der Waals surface area contributed by atoms with E-state index < -0.39 is 0 Å². The van der Waals surface area contributed by atoms with E-state index in [9.17, 15) is 9.65 Å². The molecule has 1 fully saturated rings. The Labute approximate surface area is 114 Å². The summed E-state index contributed by atoms with van der Waals surface area (Å²) < 4.78 is 14.7. The predicted molar refractivity (Wildman–Crippen MR) is 74.7 cm³/mol. The summed E-state index contributed by atoms with van der Waals surface area (Å²) in [4.78, 5) is 1.98. The molecule has 0 bridgehead atoms. The van der Waals surface area contributed by atoms with Crippen molar-refractivity contribution in [2.75, 3.05) is 31.1 Å². The fourth-order valence-electron chi connectivity index (χ4n) is 2.49. The monoisotopic (exact) mass is 261 g/mol. The molecular formula is C15H20FN3. The van der Waals surface area contributed by atoms with Gasteiger partial charge in [-0.25, -0.2) is 4.39 Å². The number of hydrogen-bond donors (Lipinski definition) is 1. The summed E-state index contributed by atoms with van der Waals surface area (Å²) in [6, 6.07) is 5.61. The Bertz CT molecular complexity index is 485. The van der Waals surface area contributed by atoms with E-state index >= 15 is 0 Å². The Hall–Kier alpha value is -1.60. The third-order valence-electron chi connectivity index (χ3n) is 3.38. The zero-order chi connectivity index (χ0) is 13.8. The summed E-state index contributed by atoms with van der Waals surface area (Å²) in [5.74, 6) is 0.188. The molecule has 0 aromatic heterocycles. The van der Waals surface area contributed by atoms with Crippen LogP contribution in [0.1, 0.15) is 25.0 Å². The number of halogens is 1. The Morgan fingerprint density at radius 1 is 1.37 bits per heavy atom. The first kappa shape index (κ1) is 13.8. The van der Waals surface area contributed by atoms with E-state index in [1.165, 1.54) is 0 Å². The van der Waals surface area contributed by atoms with Crippen molar-refractivity contribution in [3.8, 4) is 6.07 Å². The lowest BCUT2D eigenvalue weighted by molar-refractivity contribution is 0.548. The van der Waals surface area contributed by atoms with Gasteiger partial charge in [0.2, 0.25) is 0 Å². The molecule has 0 radical (unpaired) electrons. The molecule has 4 heteroatoms. The van der Waals surface area contributed by atoms with Gasteiger partial charge in [0, 0.05) is 26.2 Å². The smallest absolute Gasteiger partial charge is 0.151 e. The molecule has 1 heterocycles. The molecule has 0 atom stereocenters. The normalized spacial score (nSPS) is 15.6. The SMILES string of the molecule is CC(C)Cc1ccc(C#N)c(N2CCNCC2)c1F. The van der Waals surface area contributed by atoms with Crippen LogP contribution in [-0.2, 0) is 6.42 Å². The van der Waals surface area contributed by atoms with Crippen molar-refractivity contribution in [1.29, 1.82) is 5.26 Å². The second kappa shape index (κ2) is 6.03. The van der Waals surface area contributed by atoms with Crippen LogP contribution in [0.4, 0.5) is 10.1 Å². The fourth-order valence-corrected chi connectivity index (χ4v) is 2.49. The van der Waals surface area contributed by atoms with Crippen molar-refractivity contribution in [3.63, 3.8) is 0 Å². The molecule has 1 aromatic rings. The quantitative estimate of drug-likeness (QED) is 0.907. The number of piperazine rings is 1. The van der Waals surface area contributed by atoms with Crippen LogP contribution in [0.5, 0.6) is 0 Å². The second-order valence-corrected chi connectivity index (χ2v) is 5.38. The summed E-state index contributed by atoms with van der Waals surface area (Å²) in [7, 11) is 0. The van der Waals surface area contributed by atoms with E-state index in [2.05, 4.69) is 25.2 Å². The van der Waals surface area contributed by atoms with Crippen molar-refractivity contribution in [1.82, 2.24) is 5.32 Å². The van der Waals surface area contributed by atoms with Gasteiger partial charge in [-0.2, -0.15) is 5.26 Å². The van der Waals surface area contributed by atoms with Gasteiger partial charge in [0.1, 0.15) is 6.07 Å². The number of nitriles is 1. The van der Waals surface area contributed by atoms with E-state index in [1.54, 1.807) is 12.1 Å². The lowest BCUT2D eigenvalue weighted by Gasteiger charge is -2.31. The number of benzene rings is 1. The molecule has 19 heavy (non-hydrogen) atoms. The Kier molecular flexibility index (Phi) is 4.39. The summed E-state index contributed by atoms with van der Waals surface area (Å²) in [5.41, 5.74) is 1.64. The molecule has 2 rings (SSSR count). The van der Waals surface area contributed by atoms with Gasteiger partial charge in [0.05, 0.1) is 11.3 Å². The van der Waals surface area contributed by atoms with Gasteiger partial charge in [-0.15, -0.1) is 0 Å². The molecule has 0 amide bonds. The van der Waals surface area contributed by atoms with E-state index in [1.807, 2.05) is 4.90 Å². The summed E-state index contributed by atoms with van der Waals surface area (Å²) in [5, 5.41) is 12.4. The minimum atomic E-state index is -0.213. The molecule has 1 N–H and O–H groups in total. The maximum Gasteiger partial charge on any atom is 0.151 e. The van der Waals surface area contributed by atoms with Gasteiger partial charge < -0.3 is 10.2 Å². The Balaban J connectivity index is 2.40. The molecule has 1 aliphatic rings. The van der Waals surface area contributed by atoms with Crippen molar-refractivity contribution >= 4 is 5.69 Å². The molecule has 0 unspecified atom stereocenters. The van der Waals surface area contributed by atoms with Gasteiger partial charge in [-0.3, -0.25) is 0 Å². The van der Waals surface area contributed by atoms with E-state index in [-0.39, 0.29) is 5.82 Å². The predicted octanol–water partition coefficient (Wildman–Crippen LogP) is 2.31. The van der Waals surface area contributed by atoms with Crippen LogP contribution in [0.15, 0.2) is 12.1 Å². The lowest BCUT2D eigenvalue weighted by Crippen LogP contribution is -2.44. The molecule has 0 saturated carbocycles. The first-order valence-corrected chi connectivity index (χ1v) is 6.80. The molecule has 3 nitrogen and oxygen atoms in total. The summed E-state index contributed by atoms with van der Waals surface area (Å²) in [6.45, 7) is 7.30. The standard InChI is InChI=1S/C15H20FN3/c1-11(2)9-12-3-4-13(10-17)15(14(12)16)19-7-5-18-6-8-19/h3-4,11,18H,5-9H2,1-2H3.